The van der Waals surface area contributed by atoms with Gasteiger partial charge in [-0.25, -0.2) is 9.97 Å². The van der Waals surface area contributed by atoms with E-state index in [-0.39, 0.29) is 0 Å². The van der Waals surface area contributed by atoms with Gasteiger partial charge >= 0.3 is 0 Å². The molecule has 0 radical (unpaired) electrons. The van der Waals surface area contributed by atoms with Crippen molar-refractivity contribution < 1.29 is 0 Å². The first-order valence-electron chi connectivity index (χ1n) is 8.08. The third-order valence-corrected chi connectivity index (χ3v) is 4.24. The highest BCUT2D eigenvalue weighted by atomic mass is 35.5. The van der Waals surface area contributed by atoms with Gasteiger partial charge < -0.3 is 14.8 Å². The number of rotatable bonds is 6. The molecule has 0 aromatic carbocycles. The monoisotopic (exact) mass is 343 g/mol. The predicted molar refractivity (Wildman–Crippen MR) is 101 cm³/mol. The van der Waals surface area contributed by atoms with Crippen LogP contribution in [0.15, 0.2) is 36.7 Å². The van der Waals surface area contributed by atoms with E-state index in [0.717, 1.165) is 47.7 Å². The normalized spacial score (nSPS) is 11.4. The lowest BCUT2D eigenvalue weighted by Crippen LogP contribution is -2.32. The molecule has 0 unspecified atom stereocenters. The Hall–Kier alpha value is -2.11. The van der Waals surface area contributed by atoms with Crippen LogP contribution >= 0.6 is 11.6 Å². The first kappa shape index (κ1) is 16.7. The summed E-state index contributed by atoms with van der Waals surface area (Å²) in [5.41, 5.74) is 2.76. The molecule has 3 aromatic heterocycles. The van der Waals surface area contributed by atoms with Gasteiger partial charge in [-0.15, -0.1) is 0 Å². The number of fused-ring (bicyclic) bond motifs is 1. The number of anilines is 1. The summed E-state index contributed by atoms with van der Waals surface area (Å²) < 4.78 is 0. The van der Waals surface area contributed by atoms with E-state index in [4.69, 9.17) is 16.6 Å². The lowest BCUT2D eigenvalue weighted by Gasteiger charge is -2.24. The number of hydrogen-bond donors (Lipinski definition) is 1. The number of likely N-dealkylation sites (N-methyl/N-ethyl adjacent to an activating group) is 2. The minimum atomic E-state index is 0.626. The summed E-state index contributed by atoms with van der Waals surface area (Å²) in [4.78, 5) is 16.8. The van der Waals surface area contributed by atoms with E-state index in [2.05, 4.69) is 46.9 Å². The van der Waals surface area contributed by atoms with E-state index in [9.17, 15) is 0 Å². The average Bonchev–Trinajstić information content (AvgIpc) is 2.98. The summed E-state index contributed by atoms with van der Waals surface area (Å²) in [5, 5.41) is 1.61. The van der Waals surface area contributed by atoms with Crippen LogP contribution in [0.25, 0.3) is 22.3 Å². The zero-order valence-electron chi connectivity index (χ0n) is 14.3. The molecule has 3 aromatic rings. The predicted octanol–water partition coefficient (Wildman–Crippen LogP) is 3.67. The summed E-state index contributed by atoms with van der Waals surface area (Å²) >= 11 is 6.10. The smallest absolute Gasteiger partial charge is 0.138 e. The number of H-pyrrole nitrogens is 1. The van der Waals surface area contributed by atoms with E-state index in [1.165, 1.54) is 0 Å². The molecule has 5 nitrogen and oxygen atoms in total. The molecule has 24 heavy (non-hydrogen) atoms. The minimum Gasteiger partial charge on any atom is -0.356 e. The second-order valence-corrected chi connectivity index (χ2v) is 6.45. The molecule has 3 rings (SSSR count). The van der Waals surface area contributed by atoms with Gasteiger partial charge in [0.2, 0.25) is 0 Å². The van der Waals surface area contributed by atoms with Gasteiger partial charge in [-0.2, -0.15) is 0 Å². The molecule has 0 aliphatic carbocycles. The molecule has 0 aliphatic heterocycles. The summed E-state index contributed by atoms with van der Waals surface area (Å²) in [6.45, 7) is 5.01. The van der Waals surface area contributed by atoms with Crippen molar-refractivity contribution in [2.45, 2.75) is 6.92 Å². The van der Waals surface area contributed by atoms with Gasteiger partial charge in [0, 0.05) is 43.0 Å². The van der Waals surface area contributed by atoms with Gasteiger partial charge in [-0.05, 0) is 39.2 Å². The third-order valence-electron chi connectivity index (χ3n) is 4.03. The number of aromatic nitrogens is 3. The molecular formula is C18H22ClN5. The maximum atomic E-state index is 6.10. The molecule has 0 bridgehead atoms. The van der Waals surface area contributed by atoms with Gasteiger partial charge in [0.1, 0.15) is 11.5 Å². The first-order valence-corrected chi connectivity index (χ1v) is 8.46. The fraction of sp³-hybridized carbons (Fsp3) is 0.333. The van der Waals surface area contributed by atoms with Crippen molar-refractivity contribution in [2.24, 2.45) is 0 Å². The van der Waals surface area contributed by atoms with E-state index in [0.29, 0.717) is 5.02 Å². The molecule has 0 amide bonds. The van der Waals surface area contributed by atoms with Crippen molar-refractivity contribution in [3.63, 3.8) is 0 Å². The maximum absolute atomic E-state index is 6.10. The lowest BCUT2D eigenvalue weighted by molar-refractivity contribution is 0.413. The van der Waals surface area contributed by atoms with Crippen LogP contribution in [-0.4, -0.2) is 53.6 Å². The average molecular weight is 344 g/mol. The Morgan fingerprint density at radius 1 is 1.21 bits per heavy atom. The largest absolute Gasteiger partial charge is 0.356 e. The molecule has 0 spiro atoms. The van der Waals surface area contributed by atoms with Crippen molar-refractivity contribution in [3.8, 4) is 11.3 Å². The second-order valence-electron chi connectivity index (χ2n) is 6.02. The molecule has 1 N–H and O–H groups in total. The van der Waals surface area contributed by atoms with E-state index in [1.54, 1.807) is 6.20 Å². The number of nitrogens with zero attached hydrogens (tertiary/aromatic N) is 4. The Labute approximate surface area is 147 Å². The molecule has 126 valence electrons. The Morgan fingerprint density at radius 2 is 2.04 bits per heavy atom. The number of pyridine rings is 2. The zero-order chi connectivity index (χ0) is 17.1. The highest BCUT2D eigenvalue weighted by Gasteiger charge is 2.12. The number of halogens is 1. The van der Waals surface area contributed by atoms with Crippen LogP contribution in [0.1, 0.15) is 6.92 Å². The van der Waals surface area contributed by atoms with Crippen molar-refractivity contribution in [2.75, 3.05) is 38.6 Å². The molecule has 0 aliphatic rings. The van der Waals surface area contributed by atoms with Crippen LogP contribution in [0, 0.1) is 0 Å². The lowest BCUT2D eigenvalue weighted by atomic mass is 10.1. The van der Waals surface area contributed by atoms with Crippen LogP contribution < -0.4 is 4.90 Å². The molecule has 6 heteroatoms. The second kappa shape index (κ2) is 7.20. The molecule has 0 fully saturated rings. The van der Waals surface area contributed by atoms with Gasteiger partial charge in [0.05, 0.1) is 10.7 Å². The summed E-state index contributed by atoms with van der Waals surface area (Å²) in [5.74, 6) is 0.987. The van der Waals surface area contributed by atoms with Crippen LogP contribution in [-0.2, 0) is 0 Å². The Bertz CT molecular complexity index is 827. The van der Waals surface area contributed by atoms with Gasteiger partial charge in [0.15, 0.2) is 0 Å². The standard InChI is InChI=1S/C18H22ClN5/c1-4-24(9-8-23(2)3)17-7-5-6-16(22-17)15-12-21-18-14(15)10-13(19)11-20-18/h5-7,10-12H,4,8-9H2,1-3H3,(H,20,21). The van der Waals surface area contributed by atoms with Gasteiger partial charge in [-0.3, -0.25) is 0 Å². The fourth-order valence-electron chi connectivity index (χ4n) is 2.69. The van der Waals surface area contributed by atoms with Gasteiger partial charge in [0.25, 0.3) is 0 Å². The SMILES string of the molecule is CCN(CCN(C)C)c1cccc(-c2c[nH]c3ncc(Cl)cc23)n1. The Morgan fingerprint density at radius 3 is 2.79 bits per heavy atom. The van der Waals surface area contributed by atoms with Crippen LogP contribution in [0.5, 0.6) is 0 Å². The molecule has 0 saturated carbocycles. The van der Waals surface area contributed by atoms with Crippen molar-refractivity contribution in [1.82, 2.24) is 19.9 Å². The summed E-state index contributed by atoms with van der Waals surface area (Å²) in [6.07, 6.45) is 3.59. The van der Waals surface area contributed by atoms with Crippen molar-refractivity contribution >= 4 is 28.5 Å². The van der Waals surface area contributed by atoms with Crippen LogP contribution in [0.3, 0.4) is 0 Å². The quantitative estimate of drug-likeness (QED) is 0.742. The topological polar surface area (TPSA) is 48.0 Å². The summed E-state index contributed by atoms with van der Waals surface area (Å²) in [6, 6.07) is 8.05. The molecular weight excluding hydrogens is 322 g/mol. The summed E-state index contributed by atoms with van der Waals surface area (Å²) in [7, 11) is 4.17. The van der Waals surface area contributed by atoms with Crippen molar-refractivity contribution in [1.29, 1.82) is 0 Å². The molecule has 0 atom stereocenters. The van der Waals surface area contributed by atoms with E-state index in [1.807, 2.05) is 24.4 Å². The molecule has 0 saturated heterocycles. The molecule has 3 heterocycles. The van der Waals surface area contributed by atoms with Crippen molar-refractivity contribution in [3.05, 3.63) is 41.7 Å². The van der Waals surface area contributed by atoms with Crippen LogP contribution in [0.4, 0.5) is 5.82 Å². The van der Waals surface area contributed by atoms with E-state index >= 15 is 0 Å². The Kier molecular flexibility index (Phi) is 5.02. The Balaban J connectivity index is 1.95. The zero-order valence-corrected chi connectivity index (χ0v) is 15.0. The van der Waals surface area contributed by atoms with Crippen LogP contribution in [0.2, 0.25) is 5.02 Å². The highest BCUT2D eigenvalue weighted by molar-refractivity contribution is 6.31. The fourth-order valence-corrected chi connectivity index (χ4v) is 2.85. The third kappa shape index (κ3) is 3.52. The maximum Gasteiger partial charge on any atom is 0.138 e. The number of aromatic amines is 1. The number of hydrogen-bond acceptors (Lipinski definition) is 4. The first-order chi connectivity index (χ1) is 11.6. The number of nitrogens with one attached hydrogen (secondary N) is 1. The van der Waals surface area contributed by atoms with E-state index < -0.39 is 0 Å². The van der Waals surface area contributed by atoms with Gasteiger partial charge in [-0.1, -0.05) is 17.7 Å². The minimum absolute atomic E-state index is 0.626. The highest BCUT2D eigenvalue weighted by Crippen LogP contribution is 2.29.